The number of halogens is 2. The van der Waals surface area contributed by atoms with E-state index < -0.39 is 0 Å². The Morgan fingerprint density at radius 3 is 3.00 bits per heavy atom. The number of thiazole rings is 1. The Kier molecular flexibility index (Phi) is 4.25. The van der Waals surface area contributed by atoms with E-state index in [1.165, 1.54) is 17.0 Å². The van der Waals surface area contributed by atoms with Crippen molar-refractivity contribution >= 4 is 27.3 Å². The van der Waals surface area contributed by atoms with Crippen LogP contribution in [-0.2, 0) is 6.54 Å². The molecule has 0 fully saturated rings. The van der Waals surface area contributed by atoms with E-state index in [1.807, 2.05) is 6.20 Å². The van der Waals surface area contributed by atoms with Gasteiger partial charge in [-0.15, -0.1) is 11.3 Å². The molecule has 1 N–H and O–H groups in total. The number of benzene rings is 1. The number of hydrogen-bond donors (Lipinski definition) is 1. The number of aromatic nitrogens is 1. The van der Waals surface area contributed by atoms with E-state index in [4.69, 9.17) is 0 Å². The van der Waals surface area contributed by atoms with Gasteiger partial charge in [-0.05, 0) is 40.7 Å². The van der Waals surface area contributed by atoms with E-state index in [9.17, 15) is 4.39 Å². The first-order chi connectivity index (χ1) is 8.20. The fraction of sp³-hybridized carbons (Fsp3) is 0.250. The van der Waals surface area contributed by atoms with Crippen molar-refractivity contribution in [3.8, 4) is 10.6 Å². The van der Waals surface area contributed by atoms with Crippen LogP contribution in [0.25, 0.3) is 10.6 Å². The monoisotopic (exact) mass is 314 g/mol. The Bertz CT molecular complexity index is 513. The van der Waals surface area contributed by atoms with Crippen molar-refractivity contribution in [2.24, 2.45) is 0 Å². The molecule has 0 saturated carbocycles. The first kappa shape index (κ1) is 12.7. The molecule has 17 heavy (non-hydrogen) atoms. The van der Waals surface area contributed by atoms with Crippen LogP contribution in [0.1, 0.15) is 11.8 Å². The van der Waals surface area contributed by atoms with Gasteiger partial charge in [0.05, 0.1) is 0 Å². The van der Waals surface area contributed by atoms with Crippen LogP contribution in [0.5, 0.6) is 0 Å². The summed E-state index contributed by atoms with van der Waals surface area (Å²) >= 11 is 4.98. The van der Waals surface area contributed by atoms with Gasteiger partial charge in [-0.3, -0.25) is 0 Å². The highest BCUT2D eigenvalue weighted by molar-refractivity contribution is 9.10. The molecule has 0 spiro atoms. The lowest BCUT2D eigenvalue weighted by molar-refractivity contribution is 0.627. The largest absolute Gasteiger partial charge is 0.312 e. The summed E-state index contributed by atoms with van der Waals surface area (Å²) < 4.78 is 13.7. The molecule has 5 heteroatoms. The van der Waals surface area contributed by atoms with Crippen molar-refractivity contribution in [1.82, 2.24) is 10.3 Å². The molecule has 2 nitrogen and oxygen atoms in total. The van der Waals surface area contributed by atoms with Gasteiger partial charge in [0.25, 0.3) is 0 Å². The zero-order valence-electron chi connectivity index (χ0n) is 9.34. The summed E-state index contributed by atoms with van der Waals surface area (Å²) in [6.07, 6.45) is 1.86. The first-order valence-corrected chi connectivity index (χ1v) is 6.92. The number of hydrogen-bond acceptors (Lipinski definition) is 3. The Labute approximate surface area is 112 Å². The van der Waals surface area contributed by atoms with Gasteiger partial charge < -0.3 is 5.32 Å². The van der Waals surface area contributed by atoms with E-state index in [2.05, 4.69) is 33.2 Å². The molecule has 0 aliphatic carbocycles. The molecular formula is C12H12BrFN2S. The second-order valence-corrected chi connectivity index (χ2v) is 5.51. The molecule has 2 aromatic rings. The first-order valence-electron chi connectivity index (χ1n) is 5.31. The summed E-state index contributed by atoms with van der Waals surface area (Å²) in [7, 11) is 0. The fourth-order valence-corrected chi connectivity index (χ4v) is 3.02. The van der Waals surface area contributed by atoms with E-state index >= 15 is 0 Å². The zero-order chi connectivity index (χ0) is 12.3. The topological polar surface area (TPSA) is 24.9 Å². The van der Waals surface area contributed by atoms with Crippen LogP contribution >= 0.6 is 27.3 Å². The fourth-order valence-electron chi connectivity index (χ4n) is 1.42. The van der Waals surface area contributed by atoms with Crippen molar-refractivity contribution < 1.29 is 4.39 Å². The molecule has 0 unspecified atom stereocenters. The van der Waals surface area contributed by atoms with Crippen molar-refractivity contribution in [1.29, 1.82) is 0 Å². The van der Waals surface area contributed by atoms with Gasteiger partial charge in [0.1, 0.15) is 10.8 Å². The third-order valence-corrected chi connectivity index (χ3v) is 3.95. The summed E-state index contributed by atoms with van der Waals surface area (Å²) in [6, 6.07) is 4.65. The molecule has 1 aromatic carbocycles. The van der Waals surface area contributed by atoms with Crippen LogP contribution in [0.15, 0.2) is 28.9 Å². The van der Waals surface area contributed by atoms with Crippen LogP contribution in [-0.4, -0.2) is 11.5 Å². The summed E-state index contributed by atoms with van der Waals surface area (Å²) in [6.45, 7) is 3.83. The van der Waals surface area contributed by atoms with Gasteiger partial charge in [0, 0.05) is 27.7 Å². The lowest BCUT2D eigenvalue weighted by atomic mass is 10.2. The maximum absolute atomic E-state index is 13.0. The van der Waals surface area contributed by atoms with Crippen molar-refractivity contribution in [3.05, 3.63) is 39.6 Å². The van der Waals surface area contributed by atoms with Crippen LogP contribution in [0.2, 0.25) is 0 Å². The Morgan fingerprint density at radius 1 is 1.47 bits per heavy atom. The molecule has 0 aliphatic heterocycles. The van der Waals surface area contributed by atoms with Gasteiger partial charge in [-0.25, -0.2) is 9.37 Å². The molecule has 1 heterocycles. The Hall–Kier alpha value is -0.780. The number of nitrogens with one attached hydrogen (secondary N) is 1. The van der Waals surface area contributed by atoms with E-state index in [0.717, 1.165) is 28.1 Å². The van der Waals surface area contributed by atoms with Crippen LogP contribution in [0.4, 0.5) is 4.39 Å². The lowest BCUT2D eigenvalue weighted by Crippen LogP contribution is -2.10. The van der Waals surface area contributed by atoms with Gasteiger partial charge >= 0.3 is 0 Å². The molecule has 0 amide bonds. The Morgan fingerprint density at radius 2 is 2.29 bits per heavy atom. The molecule has 90 valence electrons. The highest BCUT2D eigenvalue weighted by Gasteiger charge is 2.08. The molecular weight excluding hydrogens is 303 g/mol. The van der Waals surface area contributed by atoms with Crippen LogP contribution in [0, 0.1) is 5.82 Å². The standard InChI is InChI=1S/C12H12BrFN2S/c1-2-15-6-9-7-16-12(17-9)10-4-3-8(14)5-11(10)13/h3-5,7,15H,2,6H2,1H3. The van der Waals surface area contributed by atoms with Gasteiger partial charge in [0.15, 0.2) is 0 Å². The average molecular weight is 315 g/mol. The summed E-state index contributed by atoms with van der Waals surface area (Å²) in [5, 5.41) is 4.16. The van der Waals surface area contributed by atoms with Crippen molar-refractivity contribution in [2.45, 2.75) is 13.5 Å². The molecule has 1 aromatic heterocycles. The highest BCUT2D eigenvalue weighted by Crippen LogP contribution is 2.31. The third-order valence-electron chi connectivity index (χ3n) is 2.26. The van der Waals surface area contributed by atoms with Crippen LogP contribution < -0.4 is 5.32 Å². The predicted octanol–water partition coefficient (Wildman–Crippen LogP) is 3.82. The average Bonchev–Trinajstić information content (AvgIpc) is 2.75. The summed E-state index contributed by atoms with van der Waals surface area (Å²) in [5.41, 5.74) is 0.930. The third kappa shape index (κ3) is 3.12. The maximum Gasteiger partial charge on any atom is 0.124 e. The predicted molar refractivity (Wildman–Crippen MR) is 72.6 cm³/mol. The summed E-state index contributed by atoms with van der Waals surface area (Å²) in [5.74, 6) is -0.245. The van der Waals surface area contributed by atoms with Gasteiger partial charge in [-0.2, -0.15) is 0 Å². The second-order valence-electron chi connectivity index (χ2n) is 3.54. The van der Waals surface area contributed by atoms with Gasteiger partial charge in [-0.1, -0.05) is 6.92 Å². The second kappa shape index (κ2) is 5.71. The van der Waals surface area contributed by atoms with Crippen molar-refractivity contribution in [3.63, 3.8) is 0 Å². The SMILES string of the molecule is CCNCc1cnc(-c2ccc(F)cc2Br)s1. The molecule has 0 saturated heterocycles. The summed E-state index contributed by atoms with van der Waals surface area (Å²) in [4.78, 5) is 5.53. The number of rotatable bonds is 4. The van der Waals surface area contributed by atoms with Crippen molar-refractivity contribution in [2.75, 3.05) is 6.54 Å². The van der Waals surface area contributed by atoms with E-state index in [0.29, 0.717) is 0 Å². The highest BCUT2D eigenvalue weighted by atomic mass is 79.9. The van der Waals surface area contributed by atoms with E-state index in [1.54, 1.807) is 17.4 Å². The maximum atomic E-state index is 13.0. The number of nitrogens with zero attached hydrogens (tertiary/aromatic N) is 1. The minimum atomic E-state index is -0.245. The molecule has 0 bridgehead atoms. The Balaban J connectivity index is 2.24. The quantitative estimate of drug-likeness (QED) is 0.928. The van der Waals surface area contributed by atoms with E-state index in [-0.39, 0.29) is 5.82 Å². The lowest BCUT2D eigenvalue weighted by Gasteiger charge is -2.00. The molecule has 2 rings (SSSR count). The molecule has 0 atom stereocenters. The molecule has 0 radical (unpaired) electrons. The zero-order valence-corrected chi connectivity index (χ0v) is 11.7. The smallest absolute Gasteiger partial charge is 0.124 e. The minimum Gasteiger partial charge on any atom is -0.312 e. The van der Waals surface area contributed by atoms with Crippen LogP contribution in [0.3, 0.4) is 0 Å². The normalized spacial score (nSPS) is 10.8. The minimum absolute atomic E-state index is 0.245. The molecule has 0 aliphatic rings. The van der Waals surface area contributed by atoms with Gasteiger partial charge in [0.2, 0.25) is 0 Å².